The van der Waals surface area contributed by atoms with Gasteiger partial charge in [-0.3, -0.25) is 4.79 Å². The zero-order valence-corrected chi connectivity index (χ0v) is 44.6. The molecular weight excluding hydrogens is 993 g/mol. The Bertz CT molecular complexity index is 4030. The summed E-state index contributed by atoms with van der Waals surface area (Å²) < 4.78 is 5.63. The molecule has 80 heavy (non-hydrogen) atoms. The van der Waals surface area contributed by atoms with Gasteiger partial charge in [0.05, 0.1) is 22.8 Å². The molecule has 2 aliphatic heterocycles. The van der Waals surface area contributed by atoms with Gasteiger partial charge in [-0.25, -0.2) is 19.6 Å². The average Bonchev–Trinajstić information content (AvgIpc) is 4.54. The predicted octanol–water partition coefficient (Wildman–Crippen LogP) is 15.1. The van der Waals surface area contributed by atoms with Crippen LogP contribution in [0.15, 0.2) is 170 Å². The van der Waals surface area contributed by atoms with Gasteiger partial charge in [-0.15, -0.1) is 0 Å². The van der Waals surface area contributed by atoms with Crippen LogP contribution in [0.25, 0.3) is 102 Å². The van der Waals surface area contributed by atoms with Crippen LogP contribution in [-0.4, -0.2) is 62.2 Å². The average molecular weight is 1050 g/mol. The summed E-state index contributed by atoms with van der Waals surface area (Å²) in [4.78, 5) is 57.4. The molecule has 0 saturated carbocycles. The Morgan fingerprint density at radius 1 is 0.512 bits per heavy atom. The van der Waals surface area contributed by atoms with Crippen molar-refractivity contribution in [3.8, 4) is 55.6 Å². The molecule has 5 heterocycles. The smallest absolute Gasteiger partial charge is 0.407 e. The van der Waals surface area contributed by atoms with Gasteiger partial charge in [0.25, 0.3) is 5.91 Å². The van der Waals surface area contributed by atoms with E-state index in [1.807, 2.05) is 60.7 Å². The molecule has 3 aliphatic rings. The largest absolute Gasteiger partial charge is 0.480 e. The second-order valence-electron chi connectivity index (χ2n) is 20.8. The third kappa shape index (κ3) is 10.2. The Labute approximate surface area is 463 Å². The number of benzene rings is 6. The van der Waals surface area contributed by atoms with Gasteiger partial charge >= 0.3 is 12.1 Å². The second-order valence-corrected chi connectivity index (χ2v) is 20.8. The number of unbranched alkanes of at least 4 members (excludes halogenated alkanes) is 1. The number of alkyl carbamates (subject to hydrolysis) is 1. The van der Waals surface area contributed by atoms with Crippen LogP contribution in [0.5, 0.6) is 0 Å². The van der Waals surface area contributed by atoms with E-state index in [-0.39, 0.29) is 24.9 Å². The van der Waals surface area contributed by atoms with Crippen molar-refractivity contribution < 1.29 is 24.2 Å². The molecule has 8 bridgehead atoms. The number of aryl methyl sites for hydroxylation is 3. The number of amides is 2. The number of carbonyl (C=O) groups is 3. The predicted molar refractivity (Wildman–Crippen MR) is 321 cm³/mol. The molecule has 12 rings (SSSR count). The monoisotopic (exact) mass is 1050 g/mol. The number of nitrogens with zero attached hydrogens (tertiary/aromatic N) is 2. The van der Waals surface area contributed by atoms with E-state index < -0.39 is 18.1 Å². The molecule has 6 aromatic carbocycles. The van der Waals surface area contributed by atoms with Gasteiger partial charge in [0, 0.05) is 62.3 Å². The minimum atomic E-state index is -1.15. The van der Waals surface area contributed by atoms with Gasteiger partial charge < -0.3 is 30.4 Å². The van der Waals surface area contributed by atoms with E-state index in [0.717, 1.165) is 123 Å². The maximum Gasteiger partial charge on any atom is 0.407 e. The number of ether oxygens (including phenoxy) is 1. The molecule has 394 valence electrons. The van der Waals surface area contributed by atoms with Crippen molar-refractivity contribution in [2.75, 3.05) is 13.2 Å². The second kappa shape index (κ2) is 21.9. The minimum absolute atomic E-state index is 0.0815. The van der Waals surface area contributed by atoms with Crippen molar-refractivity contribution >= 4 is 64.3 Å². The van der Waals surface area contributed by atoms with Gasteiger partial charge in [-0.1, -0.05) is 150 Å². The van der Waals surface area contributed by atoms with Crippen LogP contribution in [0.3, 0.4) is 0 Å². The summed E-state index contributed by atoms with van der Waals surface area (Å²) in [5.41, 5.74) is 22.8. The maximum atomic E-state index is 13.7. The summed E-state index contributed by atoms with van der Waals surface area (Å²) in [6, 6.07) is 56.5. The number of aliphatic carboxylic acids is 1. The highest BCUT2D eigenvalue weighted by Crippen LogP contribution is 2.45. The van der Waals surface area contributed by atoms with Gasteiger partial charge in [0.1, 0.15) is 12.6 Å². The van der Waals surface area contributed by atoms with Crippen molar-refractivity contribution in [1.82, 2.24) is 30.6 Å². The van der Waals surface area contributed by atoms with Crippen LogP contribution in [0.1, 0.15) is 86.1 Å². The van der Waals surface area contributed by atoms with Crippen molar-refractivity contribution in [2.45, 2.75) is 52.0 Å². The number of fused-ring (bicyclic) bond motifs is 11. The Morgan fingerprint density at radius 3 is 1.30 bits per heavy atom. The van der Waals surface area contributed by atoms with E-state index in [2.05, 4.69) is 175 Å². The first-order chi connectivity index (χ1) is 39.0. The third-order valence-electron chi connectivity index (χ3n) is 15.3. The number of carboxylic acids is 1. The molecule has 0 saturated heterocycles. The highest BCUT2D eigenvalue weighted by Gasteiger charge is 2.30. The summed E-state index contributed by atoms with van der Waals surface area (Å²) in [6.45, 7) is 6.66. The van der Waals surface area contributed by atoms with Crippen LogP contribution in [0.4, 0.5) is 4.79 Å². The summed E-state index contributed by atoms with van der Waals surface area (Å²) in [5, 5.41) is 15.6. The van der Waals surface area contributed by atoms with Gasteiger partial charge in [-0.2, -0.15) is 0 Å². The normalized spacial score (nSPS) is 12.7. The van der Waals surface area contributed by atoms with E-state index in [0.29, 0.717) is 24.9 Å². The molecule has 1 atom stereocenters. The molecule has 0 radical (unpaired) electrons. The van der Waals surface area contributed by atoms with Gasteiger partial charge in [0.15, 0.2) is 0 Å². The standard InChI is InChI=1S/C69H58N6O5/c1-41-15-21-44(22-16-41)63-54-31-33-56(71-54)64(45-23-17-42(2)18-24-45)58-35-37-60(73-58)66(61-38-36-59(74-61)65(57-34-32-55(63)72-57)46-25-19-43(3)20-26-46)47-27-29-48(30-28-47)67(76)70-39-9-8-14-62(68(77)78)75-69(79)80-40-53-51-12-6-4-10-49(51)50-11-5-7-13-52(50)53/h4-7,10-13,15-38,53,62,71,74H,8-9,14,39-40H2,1-3H3,(H,70,76)(H,75,79)(H,77,78). The number of aromatic nitrogens is 4. The molecule has 0 spiro atoms. The number of H-pyrrole nitrogens is 2. The van der Waals surface area contributed by atoms with E-state index in [1.54, 1.807) is 0 Å². The minimum Gasteiger partial charge on any atom is -0.480 e. The fourth-order valence-corrected chi connectivity index (χ4v) is 11.2. The first-order valence-electron chi connectivity index (χ1n) is 27.1. The van der Waals surface area contributed by atoms with Crippen molar-refractivity contribution in [3.63, 3.8) is 0 Å². The number of hydrogen-bond acceptors (Lipinski definition) is 6. The number of nitrogens with one attached hydrogen (secondary N) is 4. The first kappa shape index (κ1) is 50.9. The van der Waals surface area contributed by atoms with Gasteiger partial charge in [-0.05, 0) is 145 Å². The number of hydrogen-bond donors (Lipinski definition) is 5. The zero-order chi connectivity index (χ0) is 54.9. The van der Waals surface area contributed by atoms with Crippen molar-refractivity contribution in [1.29, 1.82) is 0 Å². The quantitative estimate of drug-likeness (QED) is 0.0677. The van der Waals surface area contributed by atoms with Gasteiger partial charge in [0.2, 0.25) is 0 Å². The van der Waals surface area contributed by atoms with Crippen LogP contribution in [-0.2, 0) is 9.53 Å². The molecule has 2 amide bonds. The summed E-state index contributed by atoms with van der Waals surface area (Å²) in [5.74, 6) is -1.56. The zero-order valence-electron chi connectivity index (χ0n) is 44.6. The van der Waals surface area contributed by atoms with Crippen LogP contribution < -0.4 is 10.6 Å². The van der Waals surface area contributed by atoms with Crippen molar-refractivity contribution in [3.05, 3.63) is 226 Å². The summed E-state index contributed by atoms with van der Waals surface area (Å²) in [7, 11) is 0. The molecule has 1 unspecified atom stereocenters. The molecule has 3 aromatic heterocycles. The lowest BCUT2D eigenvalue weighted by Crippen LogP contribution is -2.41. The Kier molecular flexibility index (Phi) is 13.9. The molecule has 9 aromatic rings. The molecule has 11 heteroatoms. The maximum absolute atomic E-state index is 13.7. The van der Waals surface area contributed by atoms with E-state index in [1.165, 1.54) is 5.56 Å². The summed E-state index contributed by atoms with van der Waals surface area (Å²) >= 11 is 0. The third-order valence-corrected chi connectivity index (χ3v) is 15.3. The highest BCUT2D eigenvalue weighted by atomic mass is 16.5. The van der Waals surface area contributed by atoms with E-state index in [9.17, 15) is 19.5 Å². The first-order valence-corrected chi connectivity index (χ1v) is 27.1. The SMILES string of the molecule is Cc1ccc(-c2c3nc(c(-c4ccc(C)cc4)c4ccc([nH]4)c(-c4ccc(C(=O)NCCCCC(NC(=O)OCC5c6ccccc6-c6ccccc65)C(=O)O)cc4)c4nc(c(-c5ccc(C)cc5)c5ccc2[nH]5)C=C4)C=C3)cc1. The highest BCUT2D eigenvalue weighted by molar-refractivity contribution is 6.01. The van der Waals surface area contributed by atoms with Crippen LogP contribution >= 0.6 is 0 Å². The lowest BCUT2D eigenvalue weighted by molar-refractivity contribution is -0.139. The van der Waals surface area contributed by atoms with E-state index >= 15 is 0 Å². The van der Waals surface area contributed by atoms with Crippen molar-refractivity contribution in [2.24, 2.45) is 0 Å². The molecular formula is C69H58N6O5. The number of aromatic amines is 2. The molecule has 1 aliphatic carbocycles. The number of carbonyl (C=O) groups excluding carboxylic acids is 2. The number of carboxylic acid groups (broad SMARTS) is 1. The summed E-state index contributed by atoms with van der Waals surface area (Å²) in [6.07, 6.45) is 8.66. The lowest BCUT2D eigenvalue weighted by atomic mass is 9.98. The topological polar surface area (TPSA) is 162 Å². The van der Waals surface area contributed by atoms with Crippen LogP contribution in [0, 0.1) is 20.8 Å². The Morgan fingerprint density at radius 2 is 0.900 bits per heavy atom. The van der Waals surface area contributed by atoms with Crippen LogP contribution in [0.2, 0.25) is 0 Å². The lowest BCUT2D eigenvalue weighted by Gasteiger charge is -2.17. The Hall–Kier alpha value is -9.87. The fraction of sp³-hybridized carbons (Fsp3) is 0.145. The molecule has 0 fully saturated rings. The Balaban J connectivity index is 0.829. The van der Waals surface area contributed by atoms with E-state index in [4.69, 9.17) is 14.7 Å². The molecule has 11 nitrogen and oxygen atoms in total. The fourth-order valence-electron chi connectivity index (χ4n) is 11.2. The number of rotatable bonds is 14. The molecule has 5 N–H and O–H groups in total.